The summed E-state index contributed by atoms with van der Waals surface area (Å²) < 4.78 is 5.68. The number of amides is 3. The summed E-state index contributed by atoms with van der Waals surface area (Å²) in [5.74, 6) is 0.684. The summed E-state index contributed by atoms with van der Waals surface area (Å²) in [6.07, 6.45) is 0. The van der Waals surface area contributed by atoms with Crippen molar-refractivity contribution < 1.29 is 14.3 Å². The highest BCUT2D eigenvalue weighted by Crippen LogP contribution is 2.24. The molecule has 2 heterocycles. The van der Waals surface area contributed by atoms with Gasteiger partial charge in [0.05, 0.1) is 6.04 Å². The van der Waals surface area contributed by atoms with Crippen LogP contribution in [0.2, 0.25) is 0 Å². The number of rotatable bonds is 6. The molecule has 1 aromatic rings. The van der Waals surface area contributed by atoms with Crippen molar-refractivity contribution in [3.05, 3.63) is 29.8 Å². The number of para-hydroxylation sites is 1. The van der Waals surface area contributed by atoms with Crippen LogP contribution >= 0.6 is 0 Å². The number of carbonyl (C=O) groups excluding carboxylic acids is 2. The van der Waals surface area contributed by atoms with Crippen LogP contribution in [0.5, 0.6) is 5.75 Å². The monoisotopic (exact) mass is 332 g/mol. The Kier molecular flexibility index (Phi) is 4.89. The first-order chi connectivity index (χ1) is 11.5. The number of likely N-dealkylation sites (tertiary alicyclic amines) is 1. The van der Waals surface area contributed by atoms with Crippen LogP contribution in [0, 0.1) is 0 Å². The summed E-state index contributed by atoms with van der Waals surface area (Å²) in [6, 6.07) is 8.14. The molecule has 1 N–H and O–H groups in total. The molecule has 0 aromatic heterocycles. The van der Waals surface area contributed by atoms with Crippen molar-refractivity contribution in [2.24, 2.45) is 0 Å². The summed E-state index contributed by atoms with van der Waals surface area (Å²) in [6.45, 7) is 4.09. The Balaban J connectivity index is 1.53. The highest BCUT2D eigenvalue weighted by molar-refractivity contribution is 5.77. The molecule has 130 valence electrons. The van der Waals surface area contributed by atoms with E-state index >= 15 is 0 Å². The third kappa shape index (κ3) is 3.62. The molecule has 0 unspecified atom stereocenters. The van der Waals surface area contributed by atoms with E-state index < -0.39 is 0 Å². The van der Waals surface area contributed by atoms with E-state index in [0.29, 0.717) is 6.04 Å². The topological polar surface area (TPSA) is 65.1 Å². The lowest BCUT2D eigenvalue weighted by Crippen LogP contribution is -2.59. The smallest absolute Gasteiger partial charge is 0.317 e. The quantitative estimate of drug-likeness (QED) is 0.817. The fraction of sp³-hybridized carbons (Fsp3) is 0.529. The van der Waals surface area contributed by atoms with Crippen LogP contribution < -0.4 is 10.1 Å². The zero-order chi connectivity index (χ0) is 17.1. The lowest BCUT2D eigenvalue weighted by molar-refractivity contribution is -0.130. The van der Waals surface area contributed by atoms with Gasteiger partial charge < -0.3 is 19.9 Å². The summed E-state index contributed by atoms with van der Waals surface area (Å²) in [7, 11) is 3.43. The van der Waals surface area contributed by atoms with Gasteiger partial charge in [-0.05, 0) is 6.07 Å². The van der Waals surface area contributed by atoms with Crippen molar-refractivity contribution in [1.82, 2.24) is 20.0 Å². The second-order valence-electron chi connectivity index (χ2n) is 6.46. The van der Waals surface area contributed by atoms with Gasteiger partial charge in [-0.25, -0.2) is 4.79 Å². The Bertz CT molecular complexity index is 614. The van der Waals surface area contributed by atoms with E-state index in [0.717, 1.165) is 44.0 Å². The number of ether oxygens (including phenoxy) is 1. The van der Waals surface area contributed by atoms with Gasteiger partial charge >= 0.3 is 6.03 Å². The van der Waals surface area contributed by atoms with Gasteiger partial charge in [-0.2, -0.15) is 0 Å². The lowest BCUT2D eigenvalue weighted by Gasteiger charge is -2.43. The molecule has 7 nitrogen and oxygen atoms in total. The highest BCUT2D eigenvalue weighted by atomic mass is 16.5. The molecule has 7 heteroatoms. The first kappa shape index (κ1) is 16.6. The molecule has 24 heavy (non-hydrogen) atoms. The second kappa shape index (κ2) is 7.09. The van der Waals surface area contributed by atoms with Crippen molar-refractivity contribution in [1.29, 1.82) is 0 Å². The van der Waals surface area contributed by atoms with E-state index in [-0.39, 0.29) is 18.5 Å². The number of benzene rings is 1. The number of nitrogens with one attached hydrogen (secondary N) is 1. The number of hydrogen-bond acceptors (Lipinski definition) is 4. The van der Waals surface area contributed by atoms with E-state index in [4.69, 9.17) is 4.74 Å². The number of hydrogen-bond donors (Lipinski definition) is 1. The van der Waals surface area contributed by atoms with E-state index in [1.165, 1.54) is 4.90 Å². The van der Waals surface area contributed by atoms with E-state index in [1.807, 2.05) is 29.2 Å². The minimum Gasteiger partial charge on any atom is -0.483 e. The van der Waals surface area contributed by atoms with Gasteiger partial charge in [0.1, 0.15) is 5.75 Å². The van der Waals surface area contributed by atoms with Crippen LogP contribution in [-0.2, 0) is 11.3 Å². The van der Waals surface area contributed by atoms with Crippen molar-refractivity contribution in [3.63, 3.8) is 0 Å². The van der Waals surface area contributed by atoms with Gasteiger partial charge in [0.15, 0.2) is 6.61 Å². The Morgan fingerprint density at radius 3 is 2.75 bits per heavy atom. The second-order valence-corrected chi connectivity index (χ2v) is 6.46. The summed E-state index contributed by atoms with van der Waals surface area (Å²) in [5.41, 5.74) is 1.06. The standard InChI is InChI=1S/C17H24N4O3/c1-19(2)16(22)12-24-15-6-4-3-5-13(15)9-20-10-14(11-20)21-8-7-18-17(21)23/h3-6,14H,7-12H2,1-2H3,(H,18,23). The fourth-order valence-electron chi connectivity index (χ4n) is 2.99. The first-order valence-corrected chi connectivity index (χ1v) is 8.22. The number of urea groups is 1. The largest absolute Gasteiger partial charge is 0.483 e. The molecule has 3 amide bonds. The maximum Gasteiger partial charge on any atom is 0.317 e. The van der Waals surface area contributed by atoms with Crippen LogP contribution in [0.1, 0.15) is 5.56 Å². The Hall–Kier alpha value is -2.28. The summed E-state index contributed by atoms with van der Waals surface area (Å²) in [4.78, 5) is 29.1. The average Bonchev–Trinajstić information content (AvgIpc) is 2.94. The first-order valence-electron chi connectivity index (χ1n) is 8.22. The fourth-order valence-corrected chi connectivity index (χ4v) is 2.99. The van der Waals surface area contributed by atoms with Crippen LogP contribution in [0.15, 0.2) is 24.3 Å². The summed E-state index contributed by atoms with van der Waals surface area (Å²) >= 11 is 0. The molecule has 1 aromatic carbocycles. The molecule has 2 aliphatic rings. The van der Waals surface area contributed by atoms with Gasteiger partial charge in [-0.15, -0.1) is 0 Å². The molecular formula is C17H24N4O3. The van der Waals surface area contributed by atoms with Crippen molar-refractivity contribution >= 4 is 11.9 Å². The number of carbonyl (C=O) groups is 2. The third-order valence-corrected chi connectivity index (χ3v) is 4.48. The SMILES string of the molecule is CN(C)C(=O)COc1ccccc1CN1CC(N2CCNC2=O)C1. The highest BCUT2D eigenvalue weighted by Gasteiger charge is 2.36. The molecule has 0 radical (unpaired) electrons. The molecule has 0 atom stereocenters. The summed E-state index contributed by atoms with van der Waals surface area (Å²) in [5, 5.41) is 2.84. The van der Waals surface area contributed by atoms with Crippen molar-refractivity contribution in [3.8, 4) is 5.75 Å². The van der Waals surface area contributed by atoms with Crippen LogP contribution in [0.25, 0.3) is 0 Å². The maximum absolute atomic E-state index is 11.7. The number of likely N-dealkylation sites (N-methyl/N-ethyl adjacent to an activating group) is 1. The normalized spacial score (nSPS) is 18.2. The molecule has 3 rings (SSSR count). The zero-order valence-electron chi connectivity index (χ0n) is 14.2. The Morgan fingerprint density at radius 1 is 1.33 bits per heavy atom. The predicted octanol–water partition coefficient (Wildman–Crippen LogP) is 0.363. The maximum atomic E-state index is 11.7. The van der Waals surface area contributed by atoms with Gasteiger partial charge in [-0.3, -0.25) is 9.69 Å². The average molecular weight is 332 g/mol. The molecule has 2 saturated heterocycles. The molecule has 0 spiro atoms. The van der Waals surface area contributed by atoms with E-state index in [9.17, 15) is 9.59 Å². The predicted molar refractivity (Wildman–Crippen MR) is 89.8 cm³/mol. The van der Waals surface area contributed by atoms with Crippen molar-refractivity contribution in [2.45, 2.75) is 12.6 Å². The van der Waals surface area contributed by atoms with E-state index in [2.05, 4.69) is 10.2 Å². The van der Waals surface area contributed by atoms with Crippen LogP contribution in [0.3, 0.4) is 0 Å². The molecular weight excluding hydrogens is 308 g/mol. The molecule has 2 aliphatic heterocycles. The zero-order valence-corrected chi connectivity index (χ0v) is 14.2. The van der Waals surface area contributed by atoms with E-state index in [1.54, 1.807) is 14.1 Å². The third-order valence-electron chi connectivity index (χ3n) is 4.48. The molecule has 0 saturated carbocycles. The minimum atomic E-state index is -0.0612. The molecule has 0 bridgehead atoms. The van der Waals surface area contributed by atoms with Crippen molar-refractivity contribution in [2.75, 3.05) is 46.9 Å². The van der Waals surface area contributed by atoms with Gasteiger partial charge in [0.2, 0.25) is 0 Å². The van der Waals surface area contributed by atoms with Gasteiger partial charge in [0, 0.05) is 52.4 Å². The Morgan fingerprint density at radius 2 is 2.08 bits per heavy atom. The van der Waals surface area contributed by atoms with Crippen LogP contribution in [-0.4, -0.2) is 79.6 Å². The molecule has 0 aliphatic carbocycles. The number of nitrogens with zero attached hydrogens (tertiary/aromatic N) is 3. The molecule has 2 fully saturated rings. The van der Waals surface area contributed by atoms with Crippen LogP contribution in [0.4, 0.5) is 4.79 Å². The Labute approximate surface area is 142 Å². The van der Waals surface area contributed by atoms with Gasteiger partial charge in [0.25, 0.3) is 5.91 Å². The minimum absolute atomic E-state index is 0.0422. The van der Waals surface area contributed by atoms with Gasteiger partial charge in [-0.1, -0.05) is 18.2 Å². The lowest BCUT2D eigenvalue weighted by atomic mass is 10.1.